The Morgan fingerprint density at radius 3 is 2.19 bits per heavy atom. The molecule has 0 saturated heterocycles. The Bertz CT molecular complexity index is 1170. The number of nitrogens with one attached hydrogen (secondary N) is 2. The van der Waals surface area contributed by atoms with E-state index in [0.29, 0.717) is 25.8 Å². The number of terminal acetylenes is 2. The highest BCUT2D eigenvalue weighted by Crippen LogP contribution is 2.29. The van der Waals surface area contributed by atoms with E-state index in [1.54, 1.807) is 11.9 Å². The Hall–Kier alpha value is -3.37. The Kier molecular flexibility index (Phi) is 18.2. The maximum absolute atomic E-state index is 14.0. The topological polar surface area (TPSA) is 122 Å². The van der Waals surface area contributed by atoms with Crippen LogP contribution in [-0.4, -0.2) is 95.3 Å². The first-order valence-corrected chi connectivity index (χ1v) is 17.4. The molecule has 9 nitrogen and oxygen atoms in total. The molecule has 0 bridgehead atoms. The lowest BCUT2D eigenvalue weighted by Crippen LogP contribution is -2.57. The van der Waals surface area contributed by atoms with Gasteiger partial charge in [0.25, 0.3) is 0 Å². The minimum Gasteiger partial charge on any atom is -0.389 e. The normalized spacial score (nSPS) is 17.3. The van der Waals surface area contributed by atoms with Crippen molar-refractivity contribution in [2.75, 3.05) is 33.2 Å². The molecule has 0 heterocycles. The van der Waals surface area contributed by atoms with Gasteiger partial charge < -0.3 is 30.6 Å². The van der Waals surface area contributed by atoms with E-state index in [0.717, 1.165) is 57.3 Å². The summed E-state index contributed by atoms with van der Waals surface area (Å²) in [7, 11) is 1.75. The fourth-order valence-corrected chi connectivity index (χ4v) is 6.40. The molecular formula is C38H58N4O5. The average Bonchev–Trinajstić information content (AvgIpc) is 3.08. The first kappa shape index (κ1) is 39.8. The van der Waals surface area contributed by atoms with Gasteiger partial charge in [-0.3, -0.25) is 14.4 Å². The summed E-state index contributed by atoms with van der Waals surface area (Å²) < 4.78 is 0. The van der Waals surface area contributed by atoms with Crippen molar-refractivity contribution in [3.05, 3.63) is 35.9 Å². The van der Waals surface area contributed by atoms with Gasteiger partial charge in [-0.15, -0.1) is 24.7 Å². The second kappa shape index (κ2) is 21.5. The van der Waals surface area contributed by atoms with E-state index >= 15 is 0 Å². The zero-order valence-corrected chi connectivity index (χ0v) is 29.0. The zero-order valence-electron chi connectivity index (χ0n) is 29.0. The maximum atomic E-state index is 14.0. The summed E-state index contributed by atoms with van der Waals surface area (Å²) in [5, 5.41) is 27.5. The molecule has 1 aromatic carbocycles. The molecule has 1 aliphatic carbocycles. The molecule has 9 heteroatoms. The number of likely N-dealkylation sites (N-methyl/N-ethyl adjacent to an activating group) is 2. The molecule has 1 fully saturated rings. The lowest BCUT2D eigenvalue weighted by atomic mass is 9.82. The highest BCUT2D eigenvalue weighted by Gasteiger charge is 2.36. The number of aliphatic hydroxyl groups excluding tert-OH is 2. The standard InChI is InChI=1S/C38H58N4O5/c1-7-18-33(43)36(45)32(26-29-21-16-13-17-22-29)39-38(47)35(30(8-2)9-3)40-37(46)31(25-28-19-14-12-15-20-28)27-34(44)41(6)23-24-42(10-4)11-5/h1-2,12,14-15,19-20,29-33,35-36,43,45H,9-11,13,16-18,21-27H2,3-6H3,(H,39,47)(H,40,46)/t30?,31-,32+,33+,35+,36-/m1/s1. The van der Waals surface area contributed by atoms with Gasteiger partial charge in [0, 0.05) is 38.9 Å². The predicted octanol–water partition coefficient (Wildman–Crippen LogP) is 3.38. The SMILES string of the molecule is C#CC[C@H](O)[C@H](O)[C@H](CC1CCCCC1)NC(=O)[C@@H](NC(=O)[C@@H](CC(=O)N(C)CCN(CC)CC)Cc1ccccc1)C(C#C)CC. The van der Waals surface area contributed by atoms with Gasteiger partial charge in [0.2, 0.25) is 17.7 Å². The van der Waals surface area contributed by atoms with E-state index in [2.05, 4.69) is 41.2 Å². The van der Waals surface area contributed by atoms with Crippen molar-refractivity contribution < 1.29 is 24.6 Å². The maximum Gasteiger partial charge on any atom is 0.244 e. The zero-order chi connectivity index (χ0) is 34.8. The van der Waals surface area contributed by atoms with Crippen LogP contribution in [-0.2, 0) is 20.8 Å². The molecule has 0 spiro atoms. The Labute approximate surface area is 283 Å². The number of carbonyl (C=O) groups excluding carboxylic acids is 3. The lowest BCUT2D eigenvalue weighted by molar-refractivity contribution is -0.137. The van der Waals surface area contributed by atoms with Gasteiger partial charge in [0.1, 0.15) is 12.1 Å². The van der Waals surface area contributed by atoms with Crippen LogP contribution >= 0.6 is 0 Å². The summed E-state index contributed by atoms with van der Waals surface area (Å²) in [6, 6.07) is 7.61. The van der Waals surface area contributed by atoms with E-state index in [1.165, 1.54) is 0 Å². The van der Waals surface area contributed by atoms with Crippen LogP contribution in [0.15, 0.2) is 30.3 Å². The quantitative estimate of drug-likeness (QED) is 0.161. The van der Waals surface area contributed by atoms with Gasteiger partial charge in [-0.25, -0.2) is 0 Å². The van der Waals surface area contributed by atoms with E-state index in [4.69, 9.17) is 12.8 Å². The van der Waals surface area contributed by atoms with Crippen molar-refractivity contribution in [2.45, 2.75) is 109 Å². The summed E-state index contributed by atoms with van der Waals surface area (Å²) in [5.74, 6) is 2.82. The molecule has 47 heavy (non-hydrogen) atoms. The molecule has 0 aliphatic heterocycles. The number of aliphatic hydroxyl groups is 2. The van der Waals surface area contributed by atoms with Crippen LogP contribution in [0.2, 0.25) is 0 Å². The molecule has 1 saturated carbocycles. The van der Waals surface area contributed by atoms with Crippen molar-refractivity contribution in [2.24, 2.45) is 17.8 Å². The van der Waals surface area contributed by atoms with Crippen LogP contribution in [0.5, 0.6) is 0 Å². The monoisotopic (exact) mass is 650 g/mol. The van der Waals surface area contributed by atoms with Crippen molar-refractivity contribution >= 4 is 17.7 Å². The molecule has 1 aromatic rings. The van der Waals surface area contributed by atoms with Crippen molar-refractivity contribution in [3.63, 3.8) is 0 Å². The minimum absolute atomic E-state index is 0.0298. The summed E-state index contributed by atoms with van der Waals surface area (Å²) in [6.07, 6.45) is 15.2. The summed E-state index contributed by atoms with van der Waals surface area (Å²) >= 11 is 0. The Morgan fingerprint density at radius 1 is 0.957 bits per heavy atom. The highest BCUT2D eigenvalue weighted by atomic mass is 16.3. The van der Waals surface area contributed by atoms with Crippen molar-refractivity contribution in [3.8, 4) is 24.7 Å². The second-order valence-electron chi connectivity index (χ2n) is 12.9. The molecule has 1 unspecified atom stereocenters. The van der Waals surface area contributed by atoms with Crippen LogP contribution in [0.4, 0.5) is 0 Å². The van der Waals surface area contributed by atoms with Crippen LogP contribution in [0, 0.1) is 42.4 Å². The van der Waals surface area contributed by atoms with Crippen LogP contribution < -0.4 is 10.6 Å². The Balaban J connectivity index is 2.30. The van der Waals surface area contributed by atoms with Crippen molar-refractivity contribution in [1.29, 1.82) is 0 Å². The number of benzene rings is 1. The van der Waals surface area contributed by atoms with E-state index in [9.17, 15) is 24.6 Å². The molecule has 3 amide bonds. The minimum atomic E-state index is -1.28. The van der Waals surface area contributed by atoms with Crippen LogP contribution in [0.3, 0.4) is 0 Å². The number of hydrogen-bond acceptors (Lipinski definition) is 6. The average molecular weight is 651 g/mol. The molecule has 2 rings (SSSR count). The third-order valence-electron chi connectivity index (χ3n) is 9.60. The van der Waals surface area contributed by atoms with Crippen LogP contribution in [0.25, 0.3) is 0 Å². The Morgan fingerprint density at radius 2 is 1.62 bits per heavy atom. The molecule has 6 atom stereocenters. The van der Waals surface area contributed by atoms with E-state index in [1.807, 2.05) is 37.3 Å². The van der Waals surface area contributed by atoms with Crippen molar-refractivity contribution in [1.82, 2.24) is 20.4 Å². The fourth-order valence-electron chi connectivity index (χ4n) is 6.40. The summed E-state index contributed by atoms with van der Waals surface area (Å²) in [4.78, 5) is 45.2. The van der Waals surface area contributed by atoms with E-state index in [-0.39, 0.29) is 24.7 Å². The van der Waals surface area contributed by atoms with Gasteiger partial charge in [-0.2, -0.15) is 0 Å². The largest absolute Gasteiger partial charge is 0.389 e. The first-order chi connectivity index (χ1) is 22.6. The molecule has 0 aromatic heterocycles. The molecule has 1 aliphatic rings. The first-order valence-electron chi connectivity index (χ1n) is 17.4. The van der Waals surface area contributed by atoms with Gasteiger partial charge in [0.05, 0.1) is 18.1 Å². The smallest absolute Gasteiger partial charge is 0.244 e. The number of rotatable bonds is 20. The number of carbonyl (C=O) groups is 3. The predicted molar refractivity (Wildman–Crippen MR) is 187 cm³/mol. The van der Waals surface area contributed by atoms with Crippen LogP contribution in [0.1, 0.15) is 84.1 Å². The molecule has 0 radical (unpaired) electrons. The molecule has 260 valence electrons. The molecule has 4 N–H and O–H groups in total. The second-order valence-corrected chi connectivity index (χ2v) is 12.9. The third-order valence-corrected chi connectivity index (χ3v) is 9.60. The summed E-state index contributed by atoms with van der Waals surface area (Å²) in [5.41, 5.74) is 0.898. The van der Waals surface area contributed by atoms with Gasteiger partial charge in [0.15, 0.2) is 0 Å². The van der Waals surface area contributed by atoms with Gasteiger partial charge in [-0.1, -0.05) is 83.2 Å². The summed E-state index contributed by atoms with van der Waals surface area (Å²) in [6.45, 7) is 9.05. The number of amides is 3. The number of hydrogen-bond donors (Lipinski definition) is 4. The lowest BCUT2D eigenvalue weighted by Gasteiger charge is -2.34. The third kappa shape index (κ3) is 13.3. The molecular weight excluding hydrogens is 592 g/mol. The number of nitrogens with zero attached hydrogens (tertiary/aromatic N) is 2. The van der Waals surface area contributed by atoms with E-state index < -0.39 is 47.9 Å². The van der Waals surface area contributed by atoms with Gasteiger partial charge >= 0.3 is 0 Å². The van der Waals surface area contributed by atoms with Gasteiger partial charge in [-0.05, 0) is 43.8 Å². The highest BCUT2D eigenvalue weighted by molar-refractivity contribution is 5.91. The fraction of sp³-hybridized carbons (Fsp3) is 0.658.